The Morgan fingerprint density at radius 3 is 2.80 bits per heavy atom. The zero-order valence-electron chi connectivity index (χ0n) is 12.2. The largest absolute Gasteiger partial charge is 0.388 e. The van der Waals surface area contributed by atoms with Crippen LogP contribution in [0, 0.1) is 0 Å². The molecule has 2 heterocycles. The van der Waals surface area contributed by atoms with E-state index in [0.717, 1.165) is 19.5 Å². The lowest BCUT2D eigenvalue weighted by Gasteiger charge is -2.39. The minimum absolute atomic E-state index is 0.0155. The van der Waals surface area contributed by atoms with E-state index in [2.05, 4.69) is 9.88 Å². The Balaban J connectivity index is 1.95. The van der Waals surface area contributed by atoms with Gasteiger partial charge in [-0.2, -0.15) is 0 Å². The number of carbonyl (C=O) groups is 1. The molecule has 5 heteroatoms. The van der Waals surface area contributed by atoms with Gasteiger partial charge in [0.1, 0.15) is 0 Å². The fourth-order valence-corrected chi connectivity index (χ4v) is 2.67. The summed E-state index contributed by atoms with van der Waals surface area (Å²) in [7, 11) is 3.45. The molecule has 1 saturated heterocycles. The first kappa shape index (κ1) is 14.9. The van der Waals surface area contributed by atoms with Crippen molar-refractivity contribution >= 4 is 5.91 Å². The first-order chi connectivity index (χ1) is 9.48. The van der Waals surface area contributed by atoms with Crippen LogP contribution in [-0.2, 0) is 11.3 Å². The van der Waals surface area contributed by atoms with Crippen LogP contribution in [0.25, 0.3) is 0 Å². The highest BCUT2D eigenvalue weighted by Gasteiger charge is 2.35. The third-order valence-electron chi connectivity index (χ3n) is 3.77. The average Bonchev–Trinajstić information content (AvgIpc) is 2.39. The first-order valence-electron chi connectivity index (χ1n) is 7.02. The molecule has 5 nitrogen and oxygen atoms in total. The Morgan fingerprint density at radius 1 is 1.45 bits per heavy atom. The molecular formula is C15H23N3O2. The van der Waals surface area contributed by atoms with E-state index < -0.39 is 5.60 Å². The SMILES string of the molecule is CN(C)C(=O)CC1(O)CCCN(Cc2ccncc2)C1. The summed E-state index contributed by atoms with van der Waals surface area (Å²) in [5.41, 5.74) is 0.287. The summed E-state index contributed by atoms with van der Waals surface area (Å²) >= 11 is 0. The fraction of sp³-hybridized carbons (Fsp3) is 0.600. The standard InChI is InChI=1S/C15H23N3O2/c1-17(2)14(19)10-15(20)6-3-9-18(12-15)11-13-4-7-16-8-5-13/h4-5,7-8,20H,3,6,9-12H2,1-2H3. The maximum Gasteiger partial charge on any atom is 0.224 e. The van der Waals surface area contributed by atoms with E-state index in [1.54, 1.807) is 31.4 Å². The number of amides is 1. The van der Waals surface area contributed by atoms with Crippen molar-refractivity contribution in [3.63, 3.8) is 0 Å². The van der Waals surface area contributed by atoms with Gasteiger partial charge >= 0.3 is 0 Å². The van der Waals surface area contributed by atoms with Crippen LogP contribution in [0.2, 0.25) is 0 Å². The summed E-state index contributed by atoms with van der Waals surface area (Å²) < 4.78 is 0. The van der Waals surface area contributed by atoms with Gasteiger partial charge in [-0.05, 0) is 37.1 Å². The number of piperidine rings is 1. The van der Waals surface area contributed by atoms with Crippen LogP contribution in [0.4, 0.5) is 0 Å². The number of likely N-dealkylation sites (tertiary alicyclic amines) is 1. The maximum atomic E-state index is 11.8. The van der Waals surface area contributed by atoms with Crippen LogP contribution in [0.15, 0.2) is 24.5 Å². The minimum Gasteiger partial charge on any atom is -0.388 e. The number of pyridine rings is 1. The number of aliphatic hydroxyl groups is 1. The van der Waals surface area contributed by atoms with E-state index >= 15 is 0 Å². The lowest BCUT2D eigenvalue weighted by Crippen LogP contribution is -2.50. The predicted molar refractivity (Wildman–Crippen MR) is 77.0 cm³/mol. The predicted octanol–water partition coefficient (Wildman–Crippen LogP) is 0.887. The molecule has 1 unspecified atom stereocenters. The van der Waals surface area contributed by atoms with E-state index in [0.29, 0.717) is 13.0 Å². The molecule has 1 N–H and O–H groups in total. The number of nitrogens with zero attached hydrogens (tertiary/aromatic N) is 3. The van der Waals surface area contributed by atoms with Gasteiger partial charge in [-0.15, -0.1) is 0 Å². The molecule has 0 aromatic carbocycles. The highest BCUT2D eigenvalue weighted by atomic mass is 16.3. The molecule has 1 aliphatic heterocycles. The van der Waals surface area contributed by atoms with Crippen LogP contribution < -0.4 is 0 Å². The minimum atomic E-state index is -0.896. The molecule has 110 valence electrons. The van der Waals surface area contributed by atoms with E-state index in [9.17, 15) is 9.90 Å². The van der Waals surface area contributed by atoms with Crippen molar-refractivity contribution in [1.29, 1.82) is 0 Å². The van der Waals surface area contributed by atoms with Gasteiger partial charge in [0.25, 0.3) is 0 Å². The highest BCUT2D eigenvalue weighted by molar-refractivity contribution is 5.76. The molecule has 0 saturated carbocycles. The average molecular weight is 277 g/mol. The molecule has 0 bridgehead atoms. The zero-order valence-corrected chi connectivity index (χ0v) is 12.2. The quantitative estimate of drug-likeness (QED) is 0.888. The smallest absolute Gasteiger partial charge is 0.224 e. The Bertz CT molecular complexity index is 450. The summed E-state index contributed by atoms with van der Waals surface area (Å²) in [6.45, 7) is 2.30. The van der Waals surface area contributed by atoms with E-state index in [1.807, 2.05) is 12.1 Å². The van der Waals surface area contributed by atoms with E-state index in [1.165, 1.54) is 5.56 Å². The van der Waals surface area contributed by atoms with Crippen LogP contribution in [0.3, 0.4) is 0 Å². The van der Waals surface area contributed by atoms with E-state index in [-0.39, 0.29) is 12.3 Å². The molecule has 1 fully saturated rings. The molecule has 0 aliphatic carbocycles. The molecule has 1 aromatic heterocycles. The maximum absolute atomic E-state index is 11.8. The topological polar surface area (TPSA) is 56.7 Å². The molecule has 1 aromatic rings. The van der Waals surface area contributed by atoms with Crippen molar-refractivity contribution in [2.24, 2.45) is 0 Å². The van der Waals surface area contributed by atoms with Crippen LogP contribution in [0.5, 0.6) is 0 Å². The van der Waals surface area contributed by atoms with Gasteiger partial charge < -0.3 is 10.0 Å². The fourth-order valence-electron chi connectivity index (χ4n) is 2.67. The monoisotopic (exact) mass is 277 g/mol. The summed E-state index contributed by atoms with van der Waals surface area (Å²) in [5.74, 6) is -0.0155. The van der Waals surface area contributed by atoms with Crippen LogP contribution >= 0.6 is 0 Å². The summed E-state index contributed by atoms with van der Waals surface area (Å²) in [6, 6.07) is 3.97. The highest BCUT2D eigenvalue weighted by Crippen LogP contribution is 2.26. The van der Waals surface area contributed by atoms with Gasteiger partial charge in [-0.1, -0.05) is 0 Å². The molecular weight excluding hydrogens is 254 g/mol. The third-order valence-corrected chi connectivity index (χ3v) is 3.77. The normalized spacial score (nSPS) is 23.6. The molecule has 1 atom stereocenters. The van der Waals surface area contributed by atoms with Crippen molar-refractivity contribution in [3.8, 4) is 0 Å². The van der Waals surface area contributed by atoms with Gasteiger partial charge in [0.15, 0.2) is 0 Å². The van der Waals surface area contributed by atoms with Gasteiger partial charge in [0, 0.05) is 39.6 Å². The van der Waals surface area contributed by atoms with Gasteiger partial charge in [-0.3, -0.25) is 14.7 Å². The first-order valence-corrected chi connectivity index (χ1v) is 7.02. The molecule has 20 heavy (non-hydrogen) atoms. The second-order valence-electron chi connectivity index (χ2n) is 5.86. The number of β-amino-alcohol motifs (C(OH)–C–C–N with tert-alkyl or cyclic N) is 1. The Kier molecular flexibility index (Phi) is 4.73. The zero-order chi connectivity index (χ0) is 14.6. The van der Waals surface area contributed by atoms with Crippen LogP contribution in [0.1, 0.15) is 24.8 Å². The summed E-state index contributed by atoms with van der Waals surface area (Å²) in [6.07, 6.45) is 5.37. The molecule has 1 aliphatic rings. The van der Waals surface area contributed by atoms with E-state index in [4.69, 9.17) is 0 Å². The lowest BCUT2D eigenvalue weighted by molar-refractivity contribution is -0.136. The lowest BCUT2D eigenvalue weighted by atomic mass is 9.89. The number of hydrogen-bond acceptors (Lipinski definition) is 4. The van der Waals surface area contributed by atoms with Crippen LogP contribution in [-0.4, -0.2) is 58.6 Å². The number of rotatable bonds is 4. The van der Waals surface area contributed by atoms with Crippen molar-refractivity contribution in [2.45, 2.75) is 31.4 Å². The van der Waals surface area contributed by atoms with Crippen molar-refractivity contribution in [3.05, 3.63) is 30.1 Å². The van der Waals surface area contributed by atoms with Crippen molar-refractivity contribution in [1.82, 2.24) is 14.8 Å². The molecule has 0 spiro atoms. The summed E-state index contributed by atoms with van der Waals surface area (Å²) in [4.78, 5) is 19.6. The Morgan fingerprint density at radius 2 is 2.15 bits per heavy atom. The molecule has 0 radical (unpaired) electrons. The number of hydrogen-bond donors (Lipinski definition) is 1. The third kappa shape index (κ3) is 4.02. The van der Waals surface area contributed by atoms with Gasteiger partial charge in [0.05, 0.1) is 12.0 Å². The van der Waals surface area contributed by atoms with Gasteiger partial charge in [0.2, 0.25) is 5.91 Å². The summed E-state index contributed by atoms with van der Waals surface area (Å²) in [5, 5.41) is 10.6. The van der Waals surface area contributed by atoms with Gasteiger partial charge in [-0.25, -0.2) is 0 Å². The molecule has 2 rings (SSSR count). The van der Waals surface area contributed by atoms with Crippen molar-refractivity contribution < 1.29 is 9.90 Å². The van der Waals surface area contributed by atoms with Crippen molar-refractivity contribution in [2.75, 3.05) is 27.2 Å². The molecule has 1 amide bonds. The number of carbonyl (C=O) groups excluding carboxylic acids is 1. The Hall–Kier alpha value is -1.46. The Labute approximate surface area is 120 Å². The number of aromatic nitrogens is 1. The second-order valence-corrected chi connectivity index (χ2v) is 5.86. The second kappa shape index (κ2) is 6.33.